The van der Waals surface area contributed by atoms with E-state index >= 15 is 0 Å². The van der Waals surface area contributed by atoms with Crippen LogP contribution in [0.15, 0.2) is 72.8 Å². The van der Waals surface area contributed by atoms with Gasteiger partial charge in [-0.25, -0.2) is 4.98 Å². The number of pyridine rings is 1. The highest BCUT2D eigenvalue weighted by Gasteiger charge is 2.13. The van der Waals surface area contributed by atoms with Crippen LogP contribution in [0.1, 0.15) is 18.9 Å². The molecule has 3 aromatic carbocycles. The van der Waals surface area contributed by atoms with E-state index in [1.807, 2.05) is 0 Å². The molecule has 0 aliphatic carbocycles. The van der Waals surface area contributed by atoms with E-state index < -0.39 is 0 Å². The first kappa shape index (κ1) is 16.1. The van der Waals surface area contributed by atoms with Crippen LogP contribution in [0.2, 0.25) is 0 Å². The molecule has 0 aliphatic rings. The van der Waals surface area contributed by atoms with Gasteiger partial charge in [-0.15, -0.1) is 0 Å². The van der Waals surface area contributed by atoms with E-state index in [9.17, 15) is 0 Å². The van der Waals surface area contributed by atoms with Gasteiger partial charge in [-0.3, -0.25) is 0 Å². The van der Waals surface area contributed by atoms with Gasteiger partial charge in [-0.05, 0) is 48.7 Å². The summed E-state index contributed by atoms with van der Waals surface area (Å²) in [6.45, 7) is 5.33. The molecule has 0 bridgehead atoms. The summed E-state index contributed by atoms with van der Waals surface area (Å²) in [5.74, 6) is 0. The lowest BCUT2D eigenvalue weighted by Gasteiger charge is -2.06. The molecule has 132 valence electrons. The maximum absolute atomic E-state index is 5.01. The Kier molecular flexibility index (Phi) is 3.71. The first-order valence-corrected chi connectivity index (χ1v) is 9.63. The summed E-state index contributed by atoms with van der Waals surface area (Å²) in [4.78, 5) is 5.01. The number of benzene rings is 3. The fraction of sp³-hybridized carbons (Fsp3) is 0.160. The molecule has 0 saturated heterocycles. The first-order chi connectivity index (χ1) is 13.2. The summed E-state index contributed by atoms with van der Waals surface area (Å²) in [6.07, 6.45) is 1.09. The van der Waals surface area contributed by atoms with E-state index in [0.717, 1.165) is 24.1 Å². The zero-order valence-corrected chi connectivity index (χ0v) is 15.7. The Morgan fingerprint density at radius 3 is 2.41 bits per heavy atom. The Morgan fingerprint density at radius 2 is 1.59 bits per heavy atom. The first-order valence-electron chi connectivity index (χ1n) is 9.63. The monoisotopic (exact) mass is 350 g/mol. The molecular formula is C25H22N2. The number of nitrogens with zero attached hydrogens (tertiary/aromatic N) is 2. The number of hydrogen-bond acceptors (Lipinski definition) is 1. The van der Waals surface area contributed by atoms with Crippen LogP contribution >= 0.6 is 0 Å². The van der Waals surface area contributed by atoms with Crippen molar-refractivity contribution in [3.63, 3.8) is 0 Å². The number of aromatic nitrogens is 2. The van der Waals surface area contributed by atoms with Crippen molar-refractivity contribution in [2.45, 2.75) is 26.8 Å². The molecule has 0 atom stereocenters. The molecule has 0 saturated carbocycles. The van der Waals surface area contributed by atoms with E-state index in [1.54, 1.807) is 0 Å². The van der Waals surface area contributed by atoms with Gasteiger partial charge in [0.2, 0.25) is 0 Å². The van der Waals surface area contributed by atoms with Gasteiger partial charge >= 0.3 is 0 Å². The average molecular weight is 350 g/mol. The van der Waals surface area contributed by atoms with Crippen molar-refractivity contribution in [2.24, 2.45) is 0 Å². The maximum atomic E-state index is 5.01. The molecule has 2 nitrogen and oxygen atoms in total. The summed E-state index contributed by atoms with van der Waals surface area (Å²) in [6, 6.07) is 26.3. The normalized spacial score (nSPS) is 11.6. The van der Waals surface area contributed by atoms with Gasteiger partial charge < -0.3 is 4.57 Å². The number of aryl methyl sites for hydroxylation is 2. The molecule has 0 aliphatic heterocycles. The largest absolute Gasteiger partial charge is 0.325 e. The van der Waals surface area contributed by atoms with Crippen LogP contribution in [-0.4, -0.2) is 9.55 Å². The molecule has 5 rings (SSSR count). The van der Waals surface area contributed by atoms with Crippen LogP contribution in [0, 0.1) is 6.92 Å². The predicted molar refractivity (Wildman–Crippen MR) is 115 cm³/mol. The second-order valence-corrected chi connectivity index (χ2v) is 7.30. The minimum absolute atomic E-state index is 0.981. The van der Waals surface area contributed by atoms with Crippen molar-refractivity contribution < 1.29 is 0 Å². The van der Waals surface area contributed by atoms with Gasteiger partial charge in [-0.1, -0.05) is 61.0 Å². The van der Waals surface area contributed by atoms with E-state index in [-0.39, 0.29) is 0 Å². The molecule has 0 amide bonds. The van der Waals surface area contributed by atoms with Crippen LogP contribution in [0.3, 0.4) is 0 Å². The second-order valence-electron chi connectivity index (χ2n) is 7.30. The zero-order valence-electron chi connectivity index (χ0n) is 15.7. The molecule has 2 aromatic heterocycles. The zero-order chi connectivity index (χ0) is 18.4. The van der Waals surface area contributed by atoms with Gasteiger partial charge in [-0.2, -0.15) is 0 Å². The molecular weight excluding hydrogens is 328 g/mol. The third-order valence-corrected chi connectivity index (χ3v) is 5.37. The molecule has 0 fully saturated rings. The van der Waals surface area contributed by atoms with E-state index in [0.29, 0.717) is 0 Å². The third kappa shape index (κ3) is 2.60. The lowest BCUT2D eigenvalue weighted by atomic mass is 10.0. The summed E-state index contributed by atoms with van der Waals surface area (Å²) in [5.41, 5.74) is 7.22. The molecule has 0 radical (unpaired) electrons. The quantitative estimate of drug-likeness (QED) is 0.353. The minimum Gasteiger partial charge on any atom is -0.325 e. The molecule has 0 unspecified atom stereocenters. The maximum Gasteiger partial charge on any atom is 0.141 e. The highest BCUT2D eigenvalue weighted by atomic mass is 15.0. The molecule has 5 aromatic rings. The Morgan fingerprint density at radius 1 is 0.815 bits per heavy atom. The lowest BCUT2D eigenvalue weighted by molar-refractivity contribution is 0.718. The molecule has 0 N–H and O–H groups in total. The summed E-state index contributed by atoms with van der Waals surface area (Å²) in [7, 11) is 0. The molecule has 2 heterocycles. The van der Waals surface area contributed by atoms with E-state index in [1.165, 1.54) is 38.4 Å². The standard InChI is InChI=1S/C25H22N2/c1-3-14-27-24-13-12-19(18-10-8-17(2)9-11-18)15-21(24)22-16-20-6-4-5-7-23(20)26-25(22)27/h4-13,15-16H,3,14H2,1-2H3. The van der Waals surface area contributed by atoms with Crippen molar-refractivity contribution in [3.8, 4) is 11.1 Å². The van der Waals surface area contributed by atoms with Crippen LogP contribution in [0.5, 0.6) is 0 Å². The van der Waals surface area contributed by atoms with Crippen molar-refractivity contribution in [1.82, 2.24) is 9.55 Å². The van der Waals surface area contributed by atoms with Crippen LogP contribution in [0.25, 0.3) is 44.0 Å². The summed E-state index contributed by atoms with van der Waals surface area (Å²) < 4.78 is 2.37. The number of rotatable bonds is 3. The molecule has 27 heavy (non-hydrogen) atoms. The van der Waals surface area contributed by atoms with E-state index in [2.05, 4.69) is 91.2 Å². The lowest BCUT2D eigenvalue weighted by Crippen LogP contribution is -1.97. The Labute approximate surface area is 159 Å². The second kappa shape index (κ2) is 6.24. The fourth-order valence-corrected chi connectivity index (χ4v) is 3.99. The van der Waals surface area contributed by atoms with Gasteiger partial charge in [0, 0.05) is 22.7 Å². The smallest absolute Gasteiger partial charge is 0.141 e. The van der Waals surface area contributed by atoms with Gasteiger partial charge in [0.15, 0.2) is 0 Å². The summed E-state index contributed by atoms with van der Waals surface area (Å²) in [5, 5.41) is 3.72. The highest BCUT2D eigenvalue weighted by Crippen LogP contribution is 2.33. The summed E-state index contributed by atoms with van der Waals surface area (Å²) >= 11 is 0. The van der Waals surface area contributed by atoms with Gasteiger partial charge in [0.05, 0.1) is 11.0 Å². The Balaban J connectivity index is 1.83. The van der Waals surface area contributed by atoms with Crippen molar-refractivity contribution in [1.29, 1.82) is 0 Å². The topological polar surface area (TPSA) is 17.8 Å². The van der Waals surface area contributed by atoms with Gasteiger partial charge in [0.1, 0.15) is 5.65 Å². The Bertz CT molecular complexity index is 1280. The Hall–Kier alpha value is -3.13. The number of hydrogen-bond donors (Lipinski definition) is 0. The van der Waals surface area contributed by atoms with Crippen LogP contribution in [-0.2, 0) is 6.54 Å². The van der Waals surface area contributed by atoms with Crippen LogP contribution < -0.4 is 0 Å². The van der Waals surface area contributed by atoms with Gasteiger partial charge in [0.25, 0.3) is 0 Å². The molecule has 2 heteroatoms. The number of para-hydroxylation sites is 1. The van der Waals surface area contributed by atoms with Crippen molar-refractivity contribution >= 4 is 32.8 Å². The van der Waals surface area contributed by atoms with E-state index in [4.69, 9.17) is 4.98 Å². The average Bonchev–Trinajstić information content (AvgIpc) is 3.00. The minimum atomic E-state index is 0.981. The van der Waals surface area contributed by atoms with Crippen molar-refractivity contribution in [3.05, 3.63) is 78.4 Å². The third-order valence-electron chi connectivity index (χ3n) is 5.37. The van der Waals surface area contributed by atoms with Crippen molar-refractivity contribution in [2.75, 3.05) is 0 Å². The SMILES string of the molecule is CCCn1c2ccc(-c3ccc(C)cc3)cc2c2cc3ccccc3nc21. The molecule has 0 spiro atoms. The highest BCUT2D eigenvalue weighted by molar-refractivity contribution is 6.11. The number of fused-ring (bicyclic) bond motifs is 4. The predicted octanol–water partition coefficient (Wildman–Crippen LogP) is 6.73. The fourth-order valence-electron chi connectivity index (χ4n) is 3.99. The van der Waals surface area contributed by atoms with Crippen LogP contribution in [0.4, 0.5) is 0 Å².